The Morgan fingerprint density at radius 2 is 1.62 bits per heavy atom. The van der Waals surface area contributed by atoms with Gasteiger partial charge in [0.1, 0.15) is 11.4 Å². The lowest BCUT2D eigenvalue weighted by atomic mass is 10.1. The summed E-state index contributed by atoms with van der Waals surface area (Å²) in [5, 5.41) is 4.37. The fraction of sp³-hybridized carbons (Fsp3) is 0.0417. The maximum Gasteiger partial charge on any atom is 0.343 e. The van der Waals surface area contributed by atoms with Crippen LogP contribution in [0, 0.1) is 6.92 Å². The predicted octanol–water partition coefficient (Wildman–Crippen LogP) is 5.01. The highest BCUT2D eigenvalue weighted by atomic mass is 16.5. The molecule has 5 nitrogen and oxygen atoms in total. The van der Waals surface area contributed by atoms with Gasteiger partial charge in [0.2, 0.25) is 0 Å². The third-order valence-corrected chi connectivity index (χ3v) is 4.50. The SMILES string of the molecule is Cc1ccc(C(=O)Oc2cccc3cccc(NC(=O)c4ccccn4)c23)cc1. The van der Waals surface area contributed by atoms with Crippen LogP contribution in [0.25, 0.3) is 10.8 Å². The summed E-state index contributed by atoms with van der Waals surface area (Å²) >= 11 is 0. The number of benzene rings is 3. The lowest BCUT2D eigenvalue weighted by Crippen LogP contribution is -2.14. The smallest absolute Gasteiger partial charge is 0.343 e. The van der Waals surface area contributed by atoms with Crippen LogP contribution >= 0.6 is 0 Å². The van der Waals surface area contributed by atoms with Crippen molar-refractivity contribution in [1.82, 2.24) is 4.98 Å². The number of esters is 1. The molecule has 0 unspecified atom stereocenters. The number of aryl methyl sites for hydroxylation is 1. The van der Waals surface area contributed by atoms with E-state index in [1.807, 2.05) is 43.3 Å². The molecule has 1 heterocycles. The zero-order valence-electron chi connectivity index (χ0n) is 15.8. The molecular formula is C24H18N2O3. The fourth-order valence-electron chi connectivity index (χ4n) is 3.03. The number of aromatic nitrogens is 1. The summed E-state index contributed by atoms with van der Waals surface area (Å²) < 4.78 is 5.68. The van der Waals surface area contributed by atoms with Crippen molar-refractivity contribution < 1.29 is 14.3 Å². The first-order valence-electron chi connectivity index (χ1n) is 9.15. The molecule has 5 heteroatoms. The number of hydrogen-bond donors (Lipinski definition) is 1. The average molecular weight is 382 g/mol. The number of rotatable bonds is 4. The van der Waals surface area contributed by atoms with Gasteiger partial charge in [-0.3, -0.25) is 9.78 Å². The number of carbonyl (C=O) groups excluding carboxylic acids is 2. The van der Waals surface area contributed by atoms with Gasteiger partial charge in [-0.05, 0) is 48.7 Å². The van der Waals surface area contributed by atoms with Gasteiger partial charge >= 0.3 is 5.97 Å². The Balaban J connectivity index is 1.69. The molecular weight excluding hydrogens is 364 g/mol. The highest BCUT2D eigenvalue weighted by Gasteiger charge is 2.15. The number of ether oxygens (including phenoxy) is 1. The van der Waals surface area contributed by atoms with E-state index in [0.717, 1.165) is 10.9 Å². The second kappa shape index (κ2) is 7.94. The van der Waals surface area contributed by atoms with Crippen LogP contribution in [-0.2, 0) is 0 Å². The zero-order chi connectivity index (χ0) is 20.2. The van der Waals surface area contributed by atoms with E-state index in [0.29, 0.717) is 28.1 Å². The molecule has 0 aliphatic rings. The molecule has 29 heavy (non-hydrogen) atoms. The quantitative estimate of drug-likeness (QED) is 0.398. The minimum absolute atomic E-state index is 0.304. The first-order chi connectivity index (χ1) is 14.1. The van der Waals surface area contributed by atoms with E-state index in [4.69, 9.17) is 4.74 Å². The monoisotopic (exact) mass is 382 g/mol. The summed E-state index contributed by atoms with van der Waals surface area (Å²) in [5.74, 6) is -0.411. The summed E-state index contributed by atoms with van der Waals surface area (Å²) in [5.41, 5.74) is 2.37. The first kappa shape index (κ1) is 18.4. The molecule has 0 saturated carbocycles. The van der Waals surface area contributed by atoms with Crippen molar-refractivity contribution in [3.05, 3.63) is 102 Å². The molecule has 1 amide bonds. The van der Waals surface area contributed by atoms with Gasteiger partial charge in [0.15, 0.2) is 0 Å². The number of fused-ring (bicyclic) bond motifs is 1. The van der Waals surface area contributed by atoms with Gasteiger partial charge in [-0.15, -0.1) is 0 Å². The van der Waals surface area contributed by atoms with Gasteiger partial charge in [0.25, 0.3) is 5.91 Å². The van der Waals surface area contributed by atoms with Crippen molar-refractivity contribution in [2.75, 3.05) is 5.32 Å². The molecule has 3 aromatic carbocycles. The maximum absolute atomic E-state index is 12.6. The highest BCUT2D eigenvalue weighted by Crippen LogP contribution is 2.33. The summed E-state index contributed by atoms with van der Waals surface area (Å²) in [4.78, 5) is 29.2. The van der Waals surface area contributed by atoms with Crippen LogP contribution in [0.3, 0.4) is 0 Å². The topological polar surface area (TPSA) is 68.3 Å². The highest BCUT2D eigenvalue weighted by molar-refractivity contribution is 6.10. The molecule has 0 atom stereocenters. The van der Waals surface area contributed by atoms with Gasteiger partial charge in [-0.25, -0.2) is 4.79 Å². The molecule has 0 fully saturated rings. The zero-order valence-corrected chi connectivity index (χ0v) is 15.8. The standard InChI is InChI=1S/C24H18N2O3/c1-16-11-13-18(14-12-16)24(28)29-21-10-5-7-17-6-4-9-19(22(17)21)26-23(27)20-8-2-3-15-25-20/h2-15H,1H3,(H,26,27). The van der Waals surface area contributed by atoms with Crippen LogP contribution in [0.15, 0.2) is 85.1 Å². The molecule has 0 spiro atoms. The maximum atomic E-state index is 12.6. The Morgan fingerprint density at radius 1 is 0.862 bits per heavy atom. The van der Waals surface area contributed by atoms with Crippen molar-refractivity contribution in [3.63, 3.8) is 0 Å². The minimum atomic E-state index is -0.455. The molecule has 1 N–H and O–H groups in total. The number of pyridine rings is 1. The predicted molar refractivity (Wildman–Crippen MR) is 112 cm³/mol. The molecule has 0 saturated heterocycles. The van der Waals surface area contributed by atoms with E-state index < -0.39 is 5.97 Å². The summed E-state index contributed by atoms with van der Waals surface area (Å²) in [6, 6.07) is 23.2. The molecule has 0 aliphatic carbocycles. The number of anilines is 1. The molecule has 1 aromatic heterocycles. The lowest BCUT2D eigenvalue weighted by molar-refractivity contribution is 0.0737. The Bertz CT molecular complexity index is 1180. The average Bonchev–Trinajstić information content (AvgIpc) is 2.75. The molecule has 142 valence electrons. The first-order valence-corrected chi connectivity index (χ1v) is 9.15. The molecule has 0 bridgehead atoms. The Morgan fingerprint density at radius 3 is 2.34 bits per heavy atom. The normalized spacial score (nSPS) is 10.5. The Hall–Kier alpha value is -3.99. The van der Waals surface area contributed by atoms with Crippen LogP contribution in [0.2, 0.25) is 0 Å². The Kier molecular flexibility index (Phi) is 5.03. The van der Waals surface area contributed by atoms with E-state index in [9.17, 15) is 9.59 Å². The lowest BCUT2D eigenvalue weighted by Gasteiger charge is -2.13. The molecule has 0 aliphatic heterocycles. The van der Waals surface area contributed by atoms with Gasteiger partial charge in [-0.2, -0.15) is 0 Å². The number of nitrogens with one attached hydrogen (secondary N) is 1. The van der Waals surface area contributed by atoms with E-state index in [1.54, 1.807) is 48.7 Å². The minimum Gasteiger partial charge on any atom is -0.422 e. The van der Waals surface area contributed by atoms with Gasteiger partial charge in [0, 0.05) is 11.6 Å². The van der Waals surface area contributed by atoms with Crippen molar-refractivity contribution in [1.29, 1.82) is 0 Å². The second-order valence-electron chi connectivity index (χ2n) is 6.58. The number of hydrogen-bond acceptors (Lipinski definition) is 4. The molecule has 4 aromatic rings. The van der Waals surface area contributed by atoms with Crippen LogP contribution in [-0.4, -0.2) is 16.9 Å². The van der Waals surface area contributed by atoms with Gasteiger partial charge < -0.3 is 10.1 Å². The molecule has 4 rings (SSSR count). The third-order valence-electron chi connectivity index (χ3n) is 4.50. The largest absolute Gasteiger partial charge is 0.422 e. The van der Waals surface area contributed by atoms with Crippen LogP contribution in [0.4, 0.5) is 5.69 Å². The Labute approximate surface area is 168 Å². The van der Waals surface area contributed by atoms with Crippen molar-refractivity contribution in [2.24, 2.45) is 0 Å². The fourth-order valence-corrected chi connectivity index (χ4v) is 3.03. The summed E-state index contributed by atoms with van der Waals surface area (Å²) in [6.07, 6.45) is 1.56. The van der Waals surface area contributed by atoms with Crippen molar-refractivity contribution >= 4 is 28.3 Å². The van der Waals surface area contributed by atoms with Crippen molar-refractivity contribution in [3.8, 4) is 5.75 Å². The number of carbonyl (C=O) groups is 2. The third kappa shape index (κ3) is 3.99. The summed E-state index contributed by atoms with van der Waals surface area (Å²) in [7, 11) is 0. The van der Waals surface area contributed by atoms with E-state index >= 15 is 0 Å². The van der Waals surface area contributed by atoms with Crippen molar-refractivity contribution in [2.45, 2.75) is 6.92 Å². The molecule has 0 radical (unpaired) electrons. The second-order valence-corrected chi connectivity index (χ2v) is 6.58. The van der Waals surface area contributed by atoms with Crippen LogP contribution < -0.4 is 10.1 Å². The van der Waals surface area contributed by atoms with E-state index in [-0.39, 0.29) is 5.91 Å². The summed E-state index contributed by atoms with van der Waals surface area (Å²) in [6.45, 7) is 1.95. The number of amides is 1. The van der Waals surface area contributed by atoms with Crippen LogP contribution in [0.5, 0.6) is 5.75 Å². The van der Waals surface area contributed by atoms with E-state index in [1.165, 1.54) is 0 Å². The number of nitrogens with zero attached hydrogens (tertiary/aromatic N) is 1. The van der Waals surface area contributed by atoms with Gasteiger partial charge in [-0.1, -0.05) is 48.0 Å². The van der Waals surface area contributed by atoms with Gasteiger partial charge in [0.05, 0.1) is 11.3 Å². The van der Waals surface area contributed by atoms with Crippen LogP contribution in [0.1, 0.15) is 26.4 Å². The van der Waals surface area contributed by atoms with E-state index in [2.05, 4.69) is 10.3 Å².